The van der Waals surface area contributed by atoms with Gasteiger partial charge in [-0.05, 0) is 56.4 Å². The molecule has 1 atom stereocenters. The topological polar surface area (TPSA) is 69.4 Å². The van der Waals surface area contributed by atoms with Gasteiger partial charge in [0.25, 0.3) is 0 Å². The number of ether oxygens (including phenoxy) is 1. The van der Waals surface area contributed by atoms with Gasteiger partial charge in [0.15, 0.2) is 5.78 Å². The van der Waals surface area contributed by atoms with E-state index in [1.165, 1.54) is 7.11 Å². The monoisotopic (exact) mass is 277 g/mol. The van der Waals surface area contributed by atoms with Crippen molar-refractivity contribution in [1.82, 2.24) is 0 Å². The minimum absolute atomic E-state index is 0.101. The standard InChI is InChI=1S/C16H23NO3/c1-9-8-10(2)12(4)15(11(9)3)16(19)13(17)6-7-14(18)20-5/h8,13H,6-7,17H2,1-5H3. The van der Waals surface area contributed by atoms with Crippen LogP contribution in [0, 0.1) is 27.7 Å². The largest absolute Gasteiger partial charge is 0.469 e. The Bertz CT molecular complexity index is 509. The summed E-state index contributed by atoms with van der Waals surface area (Å²) in [7, 11) is 1.33. The molecule has 0 saturated heterocycles. The number of carbonyl (C=O) groups excluding carboxylic acids is 2. The van der Waals surface area contributed by atoms with Crippen LogP contribution in [-0.4, -0.2) is 24.9 Å². The second kappa shape index (κ2) is 6.66. The summed E-state index contributed by atoms with van der Waals surface area (Å²) in [4.78, 5) is 23.6. The average molecular weight is 277 g/mol. The minimum Gasteiger partial charge on any atom is -0.469 e. The first-order valence-corrected chi connectivity index (χ1v) is 6.73. The summed E-state index contributed by atoms with van der Waals surface area (Å²) in [5, 5.41) is 0. The van der Waals surface area contributed by atoms with Gasteiger partial charge in [-0.1, -0.05) is 6.07 Å². The third kappa shape index (κ3) is 3.45. The molecule has 4 nitrogen and oxygen atoms in total. The van der Waals surface area contributed by atoms with Crippen molar-refractivity contribution in [3.05, 3.63) is 33.9 Å². The first-order chi connectivity index (χ1) is 9.29. The van der Waals surface area contributed by atoms with E-state index in [9.17, 15) is 9.59 Å². The molecule has 110 valence electrons. The fourth-order valence-electron chi connectivity index (χ4n) is 2.28. The number of benzene rings is 1. The third-order valence-electron chi connectivity index (χ3n) is 3.84. The summed E-state index contributed by atoms with van der Waals surface area (Å²) in [6.45, 7) is 7.83. The van der Waals surface area contributed by atoms with Crippen LogP contribution in [0.2, 0.25) is 0 Å². The maximum absolute atomic E-state index is 12.5. The number of Topliss-reactive ketones (excluding diaryl/α,β-unsaturated/α-hetero) is 1. The maximum atomic E-state index is 12.5. The lowest BCUT2D eigenvalue weighted by atomic mass is 9.88. The van der Waals surface area contributed by atoms with Crippen molar-refractivity contribution in [3.63, 3.8) is 0 Å². The predicted octanol–water partition coefficient (Wildman–Crippen LogP) is 2.38. The number of methoxy groups -OCH3 is 1. The molecular formula is C16H23NO3. The van der Waals surface area contributed by atoms with E-state index in [1.807, 2.05) is 27.7 Å². The third-order valence-corrected chi connectivity index (χ3v) is 3.84. The molecule has 1 rings (SSSR count). The summed E-state index contributed by atoms with van der Waals surface area (Å²) in [5.41, 5.74) is 10.7. The molecule has 0 fully saturated rings. The zero-order valence-electron chi connectivity index (χ0n) is 12.9. The Hall–Kier alpha value is -1.68. The maximum Gasteiger partial charge on any atom is 0.305 e. The number of aryl methyl sites for hydroxylation is 2. The van der Waals surface area contributed by atoms with Gasteiger partial charge in [0, 0.05) is 12.0 Å². The quantitative estimate of drug-likeness (QED) is 0.662. The van der Waals surface area contributed by atoms with Gasteiger partial charge in [0.2, 0.25) is 0 Å². The molecule has 2 N–H and O–H groups in total. The molecule has 0 radical (unpaired) electrons. The van der Waals surface area contributed by atoms with Crippen LogP contribution >= 0.6 is 0 Å². The normalized spacial score (nSPS) is 12.1. The molecule has 4 heteroatoms. The van der Waals surface area contributed by atoms with Crippen molar-refractivity contribution >= 4 is 11.8 Å². The van der Waals surface area contributed by atoms with Crippen LogP contribution in [0.25, 0.3) is 0 Å². The Morgan fingerprint density at radius 2 is 1.65 bits per heavy atom. The molecule has 20 heavy (non-hydrogen) atoms. The highest BCUT2D eigenvalue weighted by Crippen LogP contribution is 2.23. The number of ketones is 1. The van der Waals surface area contributed by atoms with Crippen molar-refractivity contribution in [2.45, 2.75) is 46.6 Å². The van der Waals surface area contributed by atoms with Crippen molar-refractivity contribution < 1.29 is 14.3 Å². The predicted molar refractivity (Wildman–Crippen MR) is 78.9 cm³/mol. The highest BCUT2D eigenvalue weighted by molar-refractivity contribution is 6.03. The Balaban J connectivity index is 3.00. The molecule has 0 aliphatic heterocycles. The highest BCUT2D eigenvalue weighted by atomic mass is 16.5. The van der Waals surface area contributed by atoms with Crippen molar-refractivity contribution in [2.24, 2.45) is 5.73 Å². The lowest BCUT2D eigenvalue weighted by Gasteiger charge is -2.17. The van der Waals surface area contributed by atoms with Crippen LogP contribution in [0.5, 0.6) is 0 Å². The molecule has 1 unspecified atom stereocenters. The molecule has 1 aromatic rings. The molecular weight excluding hydrogens is 254 g/mol. The van der Waals surface area contributed by atoms with E-state index in [4.69, 9.17) is 5.73 Å². The van der Waals surface area contributed by atoms with Gasteiger partial charge in [-0.3, -0.25) is 9.59 Å². The van der Waals surface area contributed by atoms with Gasteiger partial charge in [-0.25, -0.2) is 0 Å². The summed E-state index contributed by atoms with van der Waals surface area (Å²) in [6.07, 6.45) is 0.462. The van der Waals surface area contributed by atoms with Gasteiger partial charge in [0.1, 0.15) is 0 Å². The summed E-state index contributed by atoms with van der Waals surface area (Å²) in [5.74, 6) is -0.446. The molecule has 0 bridgehead atoms. The number of hydrogen-bond donors (Lipinski definition) is 1. The Morgan fingerprint density at radius 3 is 2.10 bits per heavy atom. The summed E-state index contributed by atoms with van der Waals surface area (Å²) >= 11 is 0. The van der Waals surface area contributed by atoms with E-state index < -0.39 is 6.04 Å². The SMILES string of the molecule is COC(=O)CCC(N)C(=O)c1c(C)c(C)cc(C)c1C. The Kier molecular flexibility index (Phi) is 5.45. The summed E-state index contributed by atoms with van der Waals surface area (Å²) < 4.78 is 4.57. The average Bonchev–Trinajstić information content (AvgIpc) is 2.42. The second-order valence-electron chi connectivity index (χ2n) is 5.22. The summed E-state index contributed by atoms with van der Waals surface area (Å²) in [6, 6.07) is 1.40. The molecule has 1 aromatic carbocycles. The highest BCUT2D eigenvalue weighted by Gasteiger charge is 2.22. The van der Waals surface area contributed by atoms with E-state index in [1.54, 1.807) is 0 Å². The number of rotatable bonds is 5. The molecule has 0 saturated carbocycles. The number of esters is 1. The van der Waals surface area contributed by atoms with Crippen LogP contribution in [-0.2, 0) is 9.53 Å². The van der Waals surface area contributed by atoms with E-state index in [0.29, 0.717) is 12.0 Å². The van der Waals surface area contributed by atoms with Crippen molar-refractivity contribution in [3.8, 4) is 0 Å². The lowest BCUT2D eigenvalue weighted by Crippen LogP contribution is -2.32. The van der Waals surface area contributed by atoms with Crippen LogP contribution in [0.1, 0.15) is 45.5 Å². The molecule has 0 amide bonds. The fourth-order valence-corrected chi connectivity index (χ4v) is 2.28. The van der Waals surface area contributed by atoms with E-state index in [2.05, 4.69) is 10.8 Å². The fraction of sp³-hybridized carbons (Fsp3) is 0.500. The first kappa shape index (κ1) is 16.4. The van der Waals surface area contributed by atoms with Gasteiger partial charge in [-0.15, -0.1) is 0 Å². The van der Waals surface area contributed by atoms with E-state index >= 15 is 0 Å². The minimum atomic E-state index is -0.673. The zero-order valence-corrected chi connectivity index (χ0v) is 12.9. The zero-order chi connectivity index (χ0) is 15.4. The Labute approximate surface area is 120 Å². The Morgan fingerprint density at radius 1 is 1.15 bits per heavy atom. The van der Waals surface area contributed by atoms with Crippen LogP contribution < -0.4 is 5.73 Å². The first-order valence-electron chi connectivity index (χ1n) is 6.73. The molecule has 0 aromatic heterocycles. The number of hydrogen-bond acceptors (Lipinski definition) is 4. The van der Waals surface area contributed by atoms with Gasteiger partial charge < -0.3 is 10.5 Å². The van der Waals surface area contributed by atoms with Gasteiger partial charge in [-0.2, -0.15) is 0 Å². The van der Waals surface area contributed by atoms with Crippen molar-refractivity contribution in [2.75, 3.05) is 7.11 Å². The number of carbonyl (C=O) groups is 2. The van der Waals surface area contributed by atoms with Crippen molar-refractivity contribution in [1.29, 1.82) is 0 Å². The molecule has 0 aliphatic rings. The molecule has 0 aliphatic carbocycles. The van der Waals surface area contributed by atoms with E-state index in [0.717, 1.165) is 22.3 Å². The van der Waals surface area contributed by atoms with Gasteiger partial charge >= 0.3 is 5.97 Å². The van der Waals surface area contributed by atoms with Crippen LogP contribution in [0.15, 0.2) is 6.07 Å². The van der Waals surface area contributed by atoms with Gasteiger partial charge in [0.05, 0.1) is 13.2 Å². The smallest absolute Gasteiger partial charge is 0.305 e. The van der Waals surface area contributed by atoms with E-state index in [-0.39, 0.29) is 18.2 Å². The molecule has 0 spiro atoms. The second-order valence-corrected chi connectivity index (χ2v) is 5.22. The van der Waals surface area contributed by atoms with Crippen LogP contribution in [0.4, 0.5) is 0 Å². The number of nitrogens with two attached hydrogens (primary N) is 1. The van der Waals surface area contributed by atoms with Crippen LogP contribution in [0.3, 0.4) is 0 Å². The molecule has 0 heterocycles. The lowest BCUT2D eigenvalue weighted by molar-refractivity contribution is -0.140.